The van der Waals surface area contributed by atoms with Crippen LogP contribution in [-0.4, -0.2) is 11.6 Å². The predicted octanol–water partition coefficient (Wildman–Crippen LogP) is 2.48. The molecule has 0 aromatic rings. The Labute approximate surface area is 119 Å². The van der Waals surface area contributed by atoms with Gasteiger partial charge >= 0.3 is 11.6 Å². The maximum absolute atomic E-state index is 9.79. The fraction of sp³-hybridized carbons (Fsp3) is 0.500. The van der Waals surface area contributed by atoms with Gasteiger partial charge in [-0.1, -0.05) is 15.5 Å². The SMILES string of the molecule is CC(=O)C(C)=O.FS(F)(F)F.S=S=S=S=S=S. The summed E-state index contributed by atoms with van der Waals surface area (Å²) in [5, 5.41) is 0. The van der Waals surface area contributed by atoms with Crippen LogP contribution in [0.25, 0.3) is 0 Å². The summed E-state index contributed by atoms with van der Waals surface area (Å²) < 4.78 is 39.1. The third-order valence-corrected chi connectivity index (χ3v) is 7.25. The number of rotatable bonds is 1. The lowest BCUT2D eigenvalue weighted by Crippen LogP contribution is -2.01. The first-order chi connectivity index (χ1) is 7.56. The van der Waals surface area contributed by atoms with E-state index in [4.69, 9.17) is 0 Å². The second-order valence-corrected chi connectivity index (χ2v) is 9.51. The highest BCUT2D eigenvalue weighted by atomic mass is 33.3. The van der Waals surface area contributed by atoms with Crippen LogP contribution in [0.15, 0.2) is 0 Å². The van der Waals surface area contributed by atoms with E-state index < -0.39 is 11.6 Å². The van der Waals surface area contributed by atoms with E-state index in [2.05, 4.69) is 22.4 Å². The zero-order chi connectivity index (χ0) is 14.5. The lowest BCUT2D eigenvalue weighted by molar-refractivity contribution is -0.134. The van der Waals surface area contributed by atoms with E-state index in [1.165, 1.54) is 49.4 Å². The van der Waals surface area contributed by atoms with Crippen molar-refractivity contribution in [2.75, 3.05) is 0 Å². The number of hydrogen-bond donors (Lipinski definition) is 0. The Morgan fingerprint density at radius 3 is 1.12 bits per heavy atom. The summed E-state index contributed by atoms with van der Waals surface area (Å²) in [7, 11) is 5.63. The van der Waals surface area contributed by atoms with Gasteiger partial charge in [-0.2, -0.15) is 0 Å². The van der Waals surface area contributed by atoms with Gasteiger partial charge in [0.05, 0.1) is 0 Å². The summed E-state index contributed by atoms with van der Waals surface area (Å²) in [6, 6.07) is 0. The van der Waals surface area contributed by atoms with Crippen LogP contribution in [0.4, 0.5) is 15.5 Å². The van der Waals surface area contributed by atoms with Gasteiger partial charge in [0.15, 0.2) is 11.6 Å². The average Bonchev–Trinajstić information content (AvgIpc) is 2.12. The van der Waals surface area contributed by atoms with Gasteiger partial charge in [0, 0.05) is 71.7 Å². The molecule has 0 radical (unpaired) electrons. The van der Waals surface area contributed by atoms with Crippen molar-refractivity contribution in [3.63, 3.8) is 0 Å². The molecule has 0 aromatic heterocycles. The minimum absolute atomic E-state index is 0.380. The molecule has 0 N–H and O–H groups in total. The highest BCUT2D eigenvalue weighted by molar-refractivity contribution is 8.64. The van der Waals surface area contributed by atoms with E-state index in [0.717, 1.165) is 0 Å². The minimum atomic E-state index is -6.17. The topological polar surface area (TPSA) is 34.1 Å². The number of carbonyl (C=O) groups excluding carboxylic acids is 2. The molecule has 13 heteroatoms. The van der Waals surface area contributed by atoms with E-state index in [0.29, 0.717) is 0 Å². The van der Waals surface area contributed by atoms with Crippen LogP contribution in [0.5, 0.6) is 0 Å². The normalized spacial score (nSPS) is 9.29. The monoisotopic (exact) mass is 386 g/mol. The fourth-order valence-electron chi connectivity index (χ4n) is 0.0227. The Morgan fingerprint density at radius 1 is 0.882 bits per heavy atom. The fourth-order valence-corrected chi connectivity index (χ4v) is 5.51. The second-order valence-electron chi connectivity index (χ2n) is 1.73. The summed E-state index contributed by atoms with van der Waals surface area (Å²) in [5.41, 5.74) is 0. The van der Waals surface area contributed by atoms with Gasteiger partial charge in [0.25, 0.3) is 0 Å². The van der Waals surface area contributed by atoms with E-state index in [9.17, 15) is 25.1 Å². The minimum Gasteiger partial charge on any atom is -0.291 e. The first kappa shape index (κ1) is 22.9. The van der Waals surface area contributed by atoms with Gasteiger partial charge in [0.1, 0.15) is 0 Å². The molecule has 0 fully saturated rings. The van der Waals surface area contributed by atoms with Crippen LogP contribution in [0.1, 0.15) is 13.8 Å². The molecule has 0 spiro atoms. The van der Waals surface area contributed by atoms with Crippen LogP contribution in [0.3, 0.4) is 0 Å². The van der Waals surface area contributed by atoms with Gasteiger partial charge in [0.2, 0.25) is 0 Å². The maximum Gasteiger partial charge on any atom is 0.379 e. The van der Waals surface area contributed by atoms with E-state index >= 15 is 0 Å². The van der Waals surface area contributed by atoms with Gasteiger partial charge < -0.3 is 0 Å². The van der Waals surface area contributed by atoms with Crippen molar-refractivity contribution in [1.29, 1.82) is 0 Å². The van der Waals surface area contributed by atoms with Crippen molar-refractivity contribution >= 4 is 81.0 Å². The predicted molar refractivity (Wildman–Crippen MR) is 77.6 cm³/mol. The van der Waals surface area contributed by atoms with Gasteiger partial charge in [-0.3, -0.25) is 9.59 Å². The summed E-state index contributed by atoms with van der Waals surface area (Å²) in [4.78, 5) is 19.6. The number of ketones is 2. The van der Waals surface area contributed by atoms with E-state index in [1.807, 2.05) is 0 Å². The number of halogens is 4. The molecule has 0 heterocycles. The molecular weight excluding hydrogens is 381 g/mol. The van der Waals surface area contributed by atoms with Crippen molar-refractivity contribution in [3.05, 3.63) is 0 Å². The lowest BCUT2D eigenvalue weighted by Gasteiger charge is -1.87. The standard InChI is InChI=1S/C4H6O2.F4S.S6/c1-3(5)4(2)6;1-5(2,3)4;1-3-5-6-4-2/h1-2H3;;. The zero-order valence-electron chi connectivity index (χ0n) is 8.19. The summed E-state index contributed by atoms with van der Waals surface area (Å²) >= 11 is 2.87. The number of hydrogen-bond acceptors (Lipinski definition) is 4. The lowest BCUT2D eigenvalue weighted by atomic mass is 10.3. The molecular formula is C4H6F4O2S7. The van der Waals surface area contributed by atoms with Crippen molar-refractivity contribution in [3.8, 4) is 0 Å². The van der Waals surface area contributed by atoms with Crippen LogP contribution in [0, 0.1) is 0 Å². The third kappa shape index (κ3) is 60.7. The van der Waals surface area contributed by atoms with Gasteiger partial charge in [-0.25, -0.2) is 0 Å². The van der Waals surface area contributed by atoms with Crippen molar-refractivity contribution in [2.45, 2.75) is 13.8 Å². The summed E-state index contributed by atoms with van der Waals surface area (Å²) in [6.07, 6.45) is 0. The molecule has 0 rings (SSSR count). The Bertz CT molecular complexity index is 357. The molecule has 0 aromatic carbocycles. The maximum atomic E-state index is 9.79. The zero-order valence-corrected chi connectivity index (χ0v) is 13.9. The van der Waals surface area contributed by atoms with Crippen molar-refractivity contribution in [2.24, 2.45) is 0 Å². The molecule has 0 amide bonds. The quantitative estimate of drug-likeness (QED) is 0.512. The Hall–Kier alpha value is 0.730. The third-order valence-electron chi connectivity index (χ3n) is 0.579. The van der Waals surface area contributed by atoms with E-state index in [-0.39, 0.29) is 11.6 Å². The molecule has 2 nitrogen and oxygen atoms in total. The average molecular weight is 387 g/mol. The highest BCUT2D eigenvalue weighted by Crippen LogP contribution is 2.54. The Balaban J connectivity index is -0.000000174. The van der Waals surface area contributed by atoms with Gasteiger partial charge in [-0.15, -0.1) is 0 Å². The van der Waals surface area contributed by atoms with Crippen molar-refractivity contribution in [1.82, 2.24) is 0 Å². The summed E-state index contributed by atoms with van der Waals surface area (Å²) in [5.74, 6) is -0.759. The number of Topliss-reactive ketones (excluding diaryl/α,β-unsaturated/α-hetero) is 2. The molecule has 0 aliphatic heterocycles. The smallest absolute Gasteiger partial charge is 0.291 e. The van der Waals surface area contributed by atoms with Crippen LogP contribution < -0.4 is 0 Å². The largest absolute Gasteiger partial charge is 0.379 e. The van der Waals surface area contributed by atoms with Crippen LogP contribution in [0.2, 0.25) is 0 Å². The van der Waals surface area contributed by atoms with Crippen molar-refractivity contribution < 1.29 is 25.1 Å². The summed E-state index contributed by atoms with van der Waals surface area (Å²) in [6.45, 7) is 2.50. The van der Waals surface area contributed by atoms with Crippen LogP contribution in [-0.2, 0) is 67.5 Å². The Kier molecular flexibility index (Phi) is 19.9. The molecule has 0 saturated carbocycles. The molecule has 0 aliphatic carbocycles. The van der Waals surface area contributed by atoms with E-state index in [1.54, 1.807) is 0 Å². The molecule has 0 unspecified atom stereocenters. The molecule has 0 saturated heterocycles. The molecule has 104 valence electrons. The molecule has 0 bridgehead atoms. The Morgan fingerprint density at radius 2 is 1.06 bits per heavy atom. The highest BCUT2D eigenvalue weighted by Gasteiger charge is 2.16. The van der Waals surface area contributed by atoms with Crippen LogP contribution >= 0.6 is 11.6 Å². The first-order valence-electron chi connectivity index (χ1n) is 3.11. The first-order valence-corrected chi connectivity index (χ1v) is 11.0. The molecule has 0 aliphatic rings. The second kappa shape index (κ2) is 14.8. The molecule has 17 heavy (non-hydrogen) atoms. The number of carbonyl (C=O) groups is 2. The molecule has 0 atom stereocenters. The van der Waals surface area contributed by atoms with Gasteiger partial charge in [-0.05, 0) is 0 Å².